The number of aromatic nitrogens is 4. The van der Waals surface area contributed by atoms with Gasteiger partial charge in [-0.05, 0) is 0 Å². The highest BCUT2D eigenvalue weighted by molar-refractivity contribution is 5.69. The lowest BCUT2D eigenvalue weighted by Gasteiger charge is -2.10. The molecule has 0 fully saturated rings. The highest BCUT2D eigenvalue weighted by Crippen LogP contribution is 2.07. The van der Waals surface area contributed by atoms with Crippen LogP contribution in [0.2, 0.25) is 0 Å². The summed E-state index contributed by atoms with van der Waals surface area (Å²) in [6.45, 7) is 3.63. The van der Waals surface area contributed by atoms with Crippen molar-refractivity contribution in [3.05, 3.63) is 36.7 Å². The van der Waals surface area contributed by atoms with Crippen LogP contribution in [-0.2, 0) is 22.5 Å². The fourth-order valence-corrected chi connectivity index (χ4v) is 2.18. The van der Waals surface area contributed by atoms with Gasteiger partial charge in [0.1, 0.15) is 24.4 Å². The average Bonchev–Trinajstić information content (AvgIpc) is 2.64. The molecule has 0 radical (unpaired) electrons. The number of carbonyl (C=O) groups excluding carboxylic acids is 1. The van der Waals surface area contributed by atoms with Crippen LogP contribution >= 0.6 is 0 Å². The molecule has 0 N–H and O–H groups in total. The van der Waals surface area contributed by atoms with Crippen LogP contribution in [0.3, 0.4) is 0 Å². The minimum absolute atomic E-state index is 0. The molecule has 0 amide bonds. The molecule has 2 heterocycles. The Labute approximate surface area is 170 Å². The Bertz CT molecular complexity index is 698. The molecule has 148 valence electrons. The highest BCUT2D eigenvalue weighted by atomic mass is 79.9. The predicted octanol–water partition coefficient (Wildman–Crippen LogP) is -1.81. The summed E-state index contributed by atoms with van der Waals surface area (Å²) in [5.74, 6) is 1.62. The van der Waals surface area contributed by atoms with Crippen LogP contribution < -0.4 is 31.2 Å². The molecule has 9 heteroatoms. The molecular weight excluding hydrogens is 414 g/mol. The lowest BCUT2D eigenvalue weighted by Crippen LogP contribution is -3.00. The number of rotatable bonds is 10. The molecule has 2 rings (SSSR count). The number of nitrogens with zero attached hydrogens (tertiary/aromatic N) is 5. The fraction of sp³-hybridized carbons (Fsp3) is 0.500. The zero-order chi connectivity index (χ0) is 18.8. The van der Waals surface area contributed by atoms with Crippen LogP contribution in [0.15, 0.2) is 30.9 Å². The fourth-order valence-electron chi connectivity index (χ4n) is 2.18. The summed E-state index contributed by atoms with van der Waals surface area (Å²) in [6, 6.07) is 3.79. The van der Waals surface area contributed by atoms with Gasteiger partial charge in [-0.3, -0.25) is 4.79 Å². The third-order valence-corrected chi connectivity index (χ3v) is 3.52. The van der Waals surface area contributed by atoms with Crippen molar-refractivity contribution >= 4 is 11.9 Å². The summed E-state index contributed by atoms with van der Waals surface area (Å²) in [7, 11) is 3.71. The smallest absolute Gasteiger partial charge is 0.309 e. The van der Waals surface area contributed by atoms with E-state index in [0.29, 0.717) is 18.2 Å². The van der Waals surface area contributed by atoms with Crippen LogP contribution in [0, 0.1) is 0 Å². The van der Waals surface area contributed by atoms with Gasteiger partial charge in [0, 0.05) is 39.1 Å². The predicted molar refractivity (Wildman–Crippen MR) is 95.9 cm³/mol. The molecule has 0 saturated carbocycles. The molecular formula is C18H26BrN5O3. The second-order valence-electron chi connectivity index (χ2n) is 5.94. The number of carbonyl (C=O) groups is 1. The average molecular weight is 440 g/mol. The lowest BCUT2D eigenvalue weighted by molar-refractivity contribution is -0.697. The van der Waals surface area contributed by atoms with Crippen molar-refractivity contribution in [1.82, 2.24) is 15.0 Å². The molecule has 0 bridgehead atoms. The van der Waals surface area contributed by atoms with E-state index in [4.69, 9.17) is 9.47 Å². The van der Waals surface area contributed by atoms with Crippen LogP contribution in [0.5, 0.6) is 5.75 Å². The molecule has 0 aromatic carbocycles. The lowest BCUT2D eigenvalue weighted by atomic mass is 10.4. The molecule has 0 aliphatic carbocycles. The molecule has 0 unspecified atom stereocenters. The SMILES string of the molecule is CCC[n+]1ccc(OCCC(=O)OCCc2ncnc(N(C)C)n2)cc1.[Br-]. The van der Waals surface area contributed by atoms with Gasteiger partial charge >= 0.3 is 5.97 Å². The van der Waals surface area contributed by atoms with Gasteiger partial charge in [-0.2, -0.15) is 4.98 Å². The van der Waals surface area contributed by atoms with Gasteiger partial charge in [0.25, 0.3) is 0 Å². The molecule has 0 aliphatic heterocycles. The van der Waals surface area contributed by atoms with E-state index in [1.54, 1.807) is 4.90 Å². The van der Waals surface area contributed by atoms with Gasteiger partial charge in [0.05, 0.1) is 19.6 Å². The standard InChI is InChI=1S/C18H26N5O3.BrH/c1-4-9-23-10-5-15(6-11-23)25-13-8-17(24)26-12-7-16-19-14-20-18(21-16)22(2)3;/h5-6,10-11,14H,4,7-9,12-13H2,1-3H3;1H/q+1;/p-1. The topological polar surface area (TPSA) is 81.3 Å². The third kappa shape index (κ3) is 8.29. The summed E-state index contributed by atoms with van der Waals surface area (Å²) >= 11 is 0. The van der Waals surface area contributed by atoms with Crippen LogP contribution in [0.4, 0.5) is 5.95 Å². The molecule has 0 saturated heterocycles. The second kappa shape index (κ2) is 12.2. The van der Waals surface area contributed by atoms with Gasteiger partial charge in [-0.25, -0.2) is 14.5 Å². The van der Waals surface area contributed by atoms with Gasteiger partial charge < -0.3 is 31.4 Å². The van der Waals surface area contributed by atoms with Crippen molar-refractivity contribution in [3.8, 4) is 5.75 Å². The monoisotopic (exact) mass is 439 g/mol. The van der Waals surface area contributed by atoms with Crippen molar-refractivity contribution in [2.24, 2.45) is 0 Å². The van der Waals surface area contributed by atoms with E-state index >= 15 is 0 Å². The molecule has 27 heavy (non-hydrogen) atoms. The second-order valence-corrected chi connectivity index (χ2v) is 5.94. The Hall–Kier alpha value is -2.29. The van der Waals surface area contributed by atoms with E-state index in [9.17, 15) is 4.79 Å². The van der Waals surface area contributed by atoms with E-state index in [0.717, 1.165) is 18.7 Å². The summed E-state index contributed by atoms with van der Waals surface area (Å²) < 4.78 is 12.8. The molecule has 2 aromatic rings. The number of hydrogen-bond donors (Lipinski definition) is 0. The summed E-state index contributed by atoms with van der Waals surface area (Å²) in [6.07, 6.45) is 7.12. The molecule has 0 spiro atoms. The number of esters is 1. The first-order valence-electron chi connectivity index (χ1n) is 8.71. The Morgan fingerprint density at radius 1 is 1.19 bits per heavy atom. The zero-order valence-corrected chi connectivity index (χ0v) is 17.6. The maximum Gasteiger partial charge on any atom is 0.309 e. The van der Waals surface area contributed by atoms with E-state index in [-0.39, 0.29) is 42.6 Å². The van der Waals surface area contributed by atoms with Crippen molar-refractivity contribution < 1.29 is 35.8 Å². The Balaban J connectivity index is 0.00000364. The maximum atomic E-state index is 11.8. The van der Waals surface area contributed by atoms with E-state index in [2.05, 4.69) is 26.4 Å². The number of ether oxygens (including phenoxy) is 2. The minimum atomic E-state index is -0.302. The van der Waals surface area contributed by atoms with Crippen molar-refractivity contribution in [2.75, 3.05) is 32.2 Å². The maximum absolute atomic E-state index is 11.8. The molecule has 0 atom stereocenters. The highest BCUT2D eigenvalue weighted by Gasteiger charge is 2.07. The quantitative estimate of drug-likeness (QED) is 0.319. The normalized spacial score (nSPS) is 10.0. The first-order chi connectivity index (χ1) is 12.6. The van der Waals surface area contributed by atoms with Crippen molar-refractivity contribution in [2.45, 2.75) is 32.7 Å². The Morgan fingerprint density at radius 2 is 1.93 bits per heavy atom. The molecule has 2 aromatic heterocycles. The van der Waals surface area contributed by atoms with E-state index in [1.807, 2.05) is 38.6 Å². The van der Waals surface area contributed by atoms with E-state index in [1.165, 1.54) is 6.33 Å². The minimum Gasteiger partial charge on any atom is -1.00 e. The van der Waals surface area contributed by atoms with Crippen LogP contribution in [0.1, 0.15) is 25.6 Å². The van der Waals surface area contributed by atoms with Crippen molar-refractivity contribution in [1.29, 1.82) is 0 Å². The van der Waals surface area contributed by atoms with Gasteiger partial charge in [-0.1, -0.05) is 6.92 Å². The van der Waals surface area contributed by atoms with Crippen LogP contribution in [0.25, 0.3) is 0 Å². The first-order valence-corrected chi connectivity index (χ1v) is 8.71. The van der Waals surface area contributed by atoms with Crippen LogP contribution in [-0.4, -0.2) is 48.2 Å². The first kappa shape index (κ1) is 22.8. The molecule has 8 nitrogen and oxygen atoms in total. The van der Waals surface area contributed by atoms with Gasteiger partial charge in [0.15, 0.2) is 12.4 Å². The largest absolute Gasteiger partial charge is 1.00 e. The number of pyridine rings is 1. The zero-order valence-electron chi connectivity index (χ0n) is 16.0. The molecule has 0 aliphatic rings. The van der Waals surface area contributed by atoms with Gasteiger partial charge in [-0.15, -0.1) is 0 Å². The summed E-state index contributed by atoms with van der Waals surface area (Å²) in [5.41, 5.74) is 0. The van der Waals surface area contributed by atoms with E-state index < -0.39 is 0 Å². The number of aryl methyl sites for hydroxylation is 1. The van der Waals surface area contributed by atoms with Gasteiger partial charge in [0.2, 0.25) is 5.95 Å². The third-order valence-electron chi connectivity index (χ3n) is 3.52. The van der Waals surface area contributed by atoms with Crippen molar-refractivity contribution in [3.63, 3.8) is 0 Å². The number of anilines is 1. The Morgan fingerprint density at radius 3 is 2.59 bits per heavy atom. The number of hydrogen-bond acceptors (Lipinski definition) is 7. The number of halogens is 1. The Kier molecular flexibility index (Phi) is 10.2. The summed E-state index contributed by atoms with van der Waals surface area (Å²) in [4.78, 5) is 26.0. The summed E-state index contributed by atoms with van der Waals surface area (Å²) in [5, 5.41) is 0.